The largest absolute Gasteiger partial charge is 0.451 e. The zero-order chi connectivity index (χ0) is 7.78. The third kappa shape index (κ3) is 1.03. The van der Waals surface area contributed by atoms with Crippen molar-refractivity contribution < 1.29 is 14.3 Å². The Hall–Kier alpha value is -0.860. The van der Waals surface area contributed by atoms with Gasteiger partial charge in [0.2, 0.25) is 0 Å². The van der Waals surface area contributed by atoms with Gasteiger partial charge in [-0.2, -0.15) is 0 Å². The summed E-state index contributed by atoms with van der Waals surface area (Å²) in [6.45, 7) is 3.10. The molecule has 1 atom stereocenters. The van der Waals surface area contributed by atoms with Crippen LogP contribution in [0.3, 0.4) is 0 Å². The van der Waals surface area contributed by atoms with Gasteiger partial charge in [0.05, 0.1) is 0 Å². The van der Waals surface area contributed by atoms with Crippen molar-refractivity contribution in [2.45, 2.75) is 32.3 Å². The quantitative estimate of drug-likeness (QED) is 0.505. The number of rotatable bonds is 1. The number of hydrogen-bond acceptors (Lipinski definition) is 3. The monoisotopic (exact) mass is 142 g/mol. The average Bonchev–Trinajstić information content (AvgIpc) is 2.13. The van der Waals surface area contributed by atoms with Crippen molar-refractivity contribution in [3.8, 4) is 0 Å². The highest BCUT2D eigenvalue weighted by Gasteiger charge is 2.39. The number of carbonyl (C=O) groups excluding carboxylic acids is 2. The van der Waals surface area contributed by atoms with Crippen molar-refractivity contribution in [1.82, 2.24) is 0 Å². The fourth-order valence-corrected chi connectivity index (χ4v) is 0.942. The Kier molecular flexibility index (Phi) is 1.50. The van der Waals surface area contributed by atoms with Crippen LogP contribution < -0.4 is 0 Å². The maximum atomic E-state index is 10.8. The number of Topliss-reactive ketones (excluding diaryl/α,β-unsaturated/α-hetero) is 1. The Balaban J connectivity index is 2.72. The van der Waals surface area contributed by atoms with E-state index in [0.717, 1.165) is 0 Å². The molecule has 1 fully saturated rings. The number of hydrogen-bond donors (Lipinski definition) is 0. The van der Waals surface area contributed by atoms with Gasteiger partial charge in [-0.25, -0.2) is 0 Å². The van der Waals surface area contributed by atoms with Crippen molar-refractivity contribution in [2.24, 2.45) is 0 Å². The molecule has 56 valence electrons. The Morgan fingerprint density at radius 3 is 2.50 bits per heavy atom. The van der Waals surface area contributed by atoms with Gasteiger partial charge in [-0.15, -0.1) is 0 Å². The minimum atomic E-state index is -0.822. The summed E-state index contributed by atoms with van der Waals surface area (Å²) in [6, 6.07) is 0. The Bertz CT molecular complexity index is 185. The molecule has 0 amide bonds. The molecule has 0 aromatic carbocycles. The average molecular weight is 142 g/mol. The highest BCUT2D eigenvalue weighted by atomic mass is 16.6. The second kappa shape index (κ2) is 2.08. The van der Waals surface area contributed by atoms with Gasteiger partial charge in [0, 0.05) is 12.8 Å². The van der Waals surface area contributed by atoms with Gasteiger partial charge in [-0.05, 0) is 13.8 Å². The molecule has 1 unspecified atom stereocenters. The van der Waals surface area contributed by atoms with Gasteiger partial charge < -0.3 is 4.74 Å². The number of ether oxygens (including phenoxy) is 1. The first kappa shape index (κ1) is 7.25. The number of esters is 1. The van der Waals surface area contributed by atoms with E-state index in [1.807, 2.05) is 0 Å². The maximum absolute atomic E-state index is 10.8. The van der Waals surface area contributed by atoms with Gasteiger partial charge in [-0.1, -0.05) is 0 Å². The molecule has 10 heavy (non-hydrogen) atoms. The second-order valence-electron chi connectivity index (χ2n) is 2.76. The zero-order valence-corrected chi connectivity index (χ0v) is 6.14. The fourth-order valence-electron chi connectivity index (χ4n) is 0.942. The van der Waals surface area contributed by atoms with Crippen LogP contribution >= 0.6 is 0 Å². The summed E-state index contributed by atoms with van der Waals surface area (Å²) in [4.78, 5) is 21.4. The van der Waals surface area contributed by atoms with Crippen LogP contribution in [-0.4, -0.2) is 17.4 Å². The summed E-state index contributed by atoms with van der Waals surface area (Å²) >= 11 is 0. The first-order valence-corrected chi connectivity index (χ1v) is 3.27. The lowest BCUT2D eigenvalue weighted by Crippen LogP contribution is -2.32. The SMILES string of the molecule is CC(=O)C1(C)CCC(=O)O1. The van der Waals surface area contributed by atoms with Crippen LogP contribution in [0.15, 0.2) is 0 Å². The van der Waals surface area contributed by atoms with E-state index < -0.39 is 5.60 Å². The lowest BCUT2D eigenvalue weighted by molar-refractivity contribution is -0.154. The molecule has 1 aliphatic heterocycles. The molecule has 1 aliphatic rings. The standard InChI is InChI=1S/C7H10O3/c1-5(8)7(2)4-3-6(9)10-7/h3-4H2,1-2H3. The highest BCUT2D eigenvalue weighted by molar-refractivity contribution is 5.89. The van der Waals surface area contributed by atoms with Gasteiger partial charge >= 0.3 is 5.97 Å². The van der Waals surface area contributed by atoms with Crippen LogP contribution in [0.1, 0.15) is 26.7 Å². The van der Waals surface area contributed by atoms with Crippen LogP contribution in [0.25, 0.3) is 0 Å². The molecule has 1 saturated heterocycles. The molecule has 0 bridgehead atoms. The van der Waals surface area contributed by atoms with Crippen LogP contribution in [0.5, 0.6) is 0 Å². The van der Waals surface area contributed by atoms with E-state index in [4.69, 9.17) is 4.74 Å². The Labute approximate surface area is 59.4 Å². The number of carbonyl (C=O) groups is 2. The van der Waals surface area contributed by atoms with Gasteiger partial charge in [0.25, 0.3) is 0 Å². The van der Waals surface area contributed by atoms with Gasteiger partial charge in [-0.3, -0.25) is 9.59 Å². The van der Waals surface area contributed by atoms with E-state index in [0.29, 0.717) is 12.8 Å². The van der Waals surface area contributed by atoms with E-state index in [1.165, 1.54) is 6.92 Å². The molecule has 0 spiro atoms. The minimum absolute atomic E-state index is 0.0710. The molecule has 0 aliphatic carbocycles. The maximum Gasteiger partial charge on any atom is 0.306 e. The van der Waals surface area contributed by atoms with Crippen LogP contribution in [0.4, 0.5) is 0 Å². The van der Waals surface area contributed by atoms with Gasteiger partial charge in [0.1, 0.15) is 0 Å². The summed E-state index contributed by atoms with van der Waals surface area (Å²) in [6.07, 6.45) is 0.900. The van der Waals surface area contributed by atoms with Crippen molar-refractivity contribution in [2.75, 3.05) is 0 Å². The second-order valence-corrected chi connectivity index (χ2v) is 2.76. The Morgan fingerprint density at radius 1 is 1.70 bits per heavy atom. The molecule has 0 aromatic rings. The van der Waals surface area contributed by atoms with Crippen molar-refractivity contribution >= 4 is 11.8 Å². The molecule has 1 heterocycles. The van der Waals surface area contributed by atoms with Crippen LogP contribution in [-0.2, 0) is 14.3 Å². The lowest BCUT2D eigenvalue weighted by Gasteiger charge is -2.17. The molecule has 0 radical (unpaired) electrons. The predicted molar refractivity (Wildman–Crippen MR) is 34.4 cm³/mol. The third-order valence-electron chi connectivity index (χ3n) is 1.89. The molecule has 3 heteroatoms. The summed E-state index contributed by atoms with van der Waals surface area (Å²) < 4.78 is 4.82. The minimum Gasteiger partial charge on any atom is -0.451 e. The Morgan fingerprint density at radius 2 is 2.30 bits per heavy atom. The normalized spacial score (nSPS) is 32.0. The third-order valence-corrected chi connectivity index (χ3v) is 1.89. The van der Waals surface area contributed by atoms with E-state index in [1.54, 1.807) is 6.92 Å². The number of cyclic esters (lactones) is 1. The molecule has 0 aromatic heterocycles. The van der Waals surface area contributed by atoms with Crippen molar-refractivity contribution in [3.63, 3.8) is 0 Å². The van der Waals surface area contributed by atoms with Crippen LogP contribution in [0.2, 0.25) is 0 Å². The first-order valence-electron chi connectivity index (χ1n) is 3.27. The molecule has 0 saturated carbocycles. The smallest absolute Gasteiger partial charge is 0.306 e. The summed E-state index contributed by atoms with van der Waals surface area (Å²) in [7, 11) is 0. The van der Waals surface area contributed by atoms with Crippen molar-refractivity contribution in [1.29, 1.82) is 0 Å². The molecule has 3 nitrogen and oxygen atoms in total. The molecule has 0 N–H and O–H groups in total. The first-order chi connectivity index (χ1) is 4.54. The molecule has 1 rings (SSSR count). The molecular weight excluding hydrogens is 132 g/mol. The summed E-state index contributed by atoms with van der Waals surface area (Å²) in [5, 5.41) is 0. The highest BCUT2D eigenvalue weighted by Crippen LogP contribution is 2.26. The van der Waals surface area contributed by atoms with Gasteiger partial charge in [0.15, 0.2) is 11.4 Å². The van der Waals surface area contributed by atoms with Crippen molar-refractivity contribution in [3.05, 3.63) is 0 Å². The van der Waals surface area contributed by atoms with E-state index >= 15 is 0 Å². The lowest BCUT2D eigenvalue weighted by atomic mass is 9.99. The van der Waals surface area contributed by atoms with E-state index in [2.05, 4.69) is 0 Å². The zero-order valence-electron chi connectivity index (χ0n) is 6.14. The van der Waals surface area contributed by atoms with E-state index in [9.17, 15) is 9.59 Å². The number of ketones is 1. The van der Waals surface area contributed by atoms with E-state index in [-0.39, 0.29) is 11.8 Å². The summed E-state index contributed by atoms with van der Waals surface area (Å²) in [5.74, 6) is -0.337. The van der Waals surface area contributed by atoms with Crippen LogP contribution in [0, 0.1) is 0 Å². The topological polar surface area (TPSA) is 43.4 Å². The molecular formula is C7H10O3. The fraction of sp³-hybridized carbons (Fsp3) is 0.714. The summed E-state index contributed by atoms with van der Waals surface area (Å²) in [5.41, 5.74) is -0.822. The predicted octanol–water partition coefficient (Wildman–Crippen LogP) is 0.671.